The van der Waals surface area contributed by atoms with E-state index in [9.17, 15) is 4.79 Å². The quantitative estimate of drug-likeness (QED) is 0.837. The largest absolute Gasteiger partial charge is 0.382 e. The fourth-order valence-corrected chi connectivity index (χ4v) is 2.33. The molecule has 0 saturated carbocycles. The smallest absolute Gasteiger partial charge is 0.244 e. The summed E-state index contributed by atoms with van der Waals surface area (Å²) >= 11 is 1.09. The molecule has 1 unspecified atom stereocenters. The van der Waals surface area contributed by atoms with Gasteiger partial charge in [0.25, 0.3) is 0 Å². The lowest BCUT2D eigenvalue weighted by Crippen LogP contribution is -2.41. The first-order valence-electron chi connectivity index (χ1n) is 5.75. The number of rotatable bonds is 5. The Hall–Kier alpha value is -1.81. The highest BCUT2D eigenvalue weighted by molar-refractivity contribution is 7.10. The molecule has 3 N–H and O–H groups in total. The summed E-state index contributed by atoms with van der Waals surface area (Å²) in [4.78, 5) is 13.8. The van der Waals surface area contributed by atoms with Gasteiger partial charge in [-0.05, 0) is 32.3 Å². The van der Waals surface area contributed by atoms with Crippen molar-refractivity contribution >= 4 is 28.3 Å². The molecule has 1 heterocycles. The van der Waals surface area contributed by atoms with Gasteiger partial charge in [-0.2, -0.15) is 9.64 Å². The molecule has 1 amide bonds. The van der Waals surface area contributed by atoms with Crippen LogP contribution < -0.4 is 11.1 Å². The Bertz CT molecular complexity index is 460. The van der Waals surface area contributed by atoms with Crippen LogP contribution in [0.4, 0.5) is 10.8 Å². The van der Waals surface area contributed by atoms with Crippen LogP contribution in [0.25, 0.3) is 0 Å². The molecule has 98 valence electrons. The first-order valence-corrected chi connectivity index (χ1v) is 6.53. The lowest BCUT2D eigenvalue weighted by molar-refractivity contribution is -0.131. The number of nitrogens with one attached hydrogen (secondary N) is 1. The van der Waals surface area contributed by atoms with Gasteiger partial charge < -0.3 is 16.0 Å². The highest BCUT2D eigenvalue weighted by atomic mass is 32.1. The van der Waals surface area contributed by atoms with E-state index in [1.165, 1.54) is 0 Å². The Kier molecular flexibility index (Phi) is 4.92. The van der Waals surface area contributed by atoms with Gasteiger partial charge in [0.15, 0.2) is 5.82 Å². The van der Waals surface area contributed by atoms with Crippen LogP contribution in [-0.2, 0) is 4.79 Å². The highest BCUT2D eigenvalue weighted by Gasteiger charge is 2.20. The van der Waals surface area contributed by atoms with Crippen molar-refractivity contribution in [1.82, 2.24) is 9.27 Å². The lowest BCUT2D eigenvalue weighted by atomic mass is 10.2. The van der Waals surface area contributed by atoms with Crippen LogP contribution in [-0.4, -0.2) is 34.3 Å². The van der Waals surface area contributed by atoms with E-state index in [4.69, 9.17) is 11.0 Å². The van der Waals surface area contributed by atoms with Gasteiger partial charge in [-0.25, -0.2) is 0 Å². The molecule has 1 aromatic heterocycles. The Morgan fingerprint density at radius 3 is 2.72 bits per heavy atom. The maximum absolute atomic E-state index is 12.0. The summed E-state index contributed by atoms with van der Waals surface area (Å²) in [6, 6.07) is 1.58. The molecule has 0 aliphatic heterocycles. The van der Waals surface area contributed by atoms with Gasteiger partial charge >= 0.3 is 0 Å². The molecule has 7 heteroatoms. The van der Waals surface area contributed by atoms with Gasteiger partial charge in [0, 0.05) is 13.1 Å². The summed E-state index contributed by atoms with van der Waals surface area (Å²) in [7, 11) is 0. The van der Waals surface area contributed by atoms with Crippen LogP contribution in [0.15, 0.2) is 0 Å². The number of amides is 1. The van der Waals surface area contributed by atoms with E-state index in [0.717, 1.165) is 11.5 Å². The van der Waals surface area contributed by atoms with E-state index in [1.807, 2.05) is 19.9 Å². The van der Waals surface area contributed by atoms with Gasteiger partial charge in [0.1, 0.15) is 22.7 Å². The number of nitriles is 1. The highest BCUT2D eigenvalue weighted by Crippen LogP contribution is 2.26. The second-order valence-corrected chi connectivity index (χ2v) is 4.53. The van der Waals surface area contributed by atoms with Crippen molar-refractivity contribution in [2.24, 2.45) is 0 Å². The number of hydrogen-bond acceptors (Lipinski definition) is 6. The number of nitrogens with zero attached hydrogens (tertiary/aromatic N) is 3. The molecule has 1 atom stereocenters. The Balaban J connectivity index is 2.79. The zero-order chi connectivity index (χ0) is 13.7. The molecule has 1 rings (SSSR count). The van der Waals surface area contributed by atoms with E-state index in [-0.39, 0.29) is 11.7 Å². The lowest BCUT2D eigenvalue weighted by Gasteiger charge is -2.23. The molecule has 1 aromatic rings. The van der Waals surface area contributed by atoms with Crippen LogP contribution in [0.5, 0.6) is 0 Å². The van der Waals surface area contributed by atoms with Crippen molar-refractivity contribution in [1.29, 1.82) is 5.26 Å². The Morgan fingerprint density at radius 2 is 2.22 bits per heavy atom. The minimum Gasteiger partial charge on any atom is -0.382 e. The van der Waals surface area contributed by atoms with Crippen molar-refractivity contribution in [2.45, 2.75) is 26.8 Å². The van der Waals surface area contributed by atoms with Crippen LogP contribution in [0.3, 0.4) is 0 Å². The summed E-state index contributed by atoms with van der Waals surface area (Å²) in [5.41, 5.74) is 5.86. The van der Waals surface area contributed by atoms with Crippen LogP contribution in [0.2, 0.25) is 0 Å². The minimum atomic E-state index is -0.406. The molecule has 18 heavy (non-hydrogen) atoms. The number of carbonyl (C=O) groups is 1. The van der Waals surface area contributed by atoms with Crippen molar-refractivity contribution in [3.63, 3.8) is 0 Å². The normalized spacial score (nSPS) is 11.7. The monoisotopic (exact) mass is 267 g/mol. The minimum absolute atomic E-state index is 0.00383. The van der Waals surface area contributed by atoms with E-state index >= 15 is 0 Å². The topological polar surface area (TPSA) is 95.0 Å². The van der Waals surface area contributed by atoms with E-state index in [2.05, 4.69) is 9.69 Å². The van der Waals surface area contributed by atoms with Gasteiger partial charge in [0.05, 0.1) is 0 Å². The zero-order valence-electron chi connectivity index (χ0n) is 10.7. The molecule has 0 aliphatic rings. The van der Waals surface area contributed by atoms with Gasteiger partial charge in [-0.1, -0.05) is 0 Å². The number of nitrogens with two attached hydrogens (primary N) is 1. The second kappa shape index (κ2) is 6.21. The average Bonchev–Trinajstić information content (AvgIpc) is 2.71. The average molecular weight is 267 g/mol. The number of carbonyl (C=O) groups excluding carboxylic acids is 1. The second-order valence-electron chi connectivity index (χ2n) is 3.76. The molecule has 0 aliphatic carbocycles. The zero-order valence-corrected chi connectivity index (χ0v) is 11.5. The first kappa shape index (κ1) is 14.3. The standard InChI is InChI=1S/C11H17N5OS/c1-4-16(5-2)11(17)7(3)14-10-8(6-12)9(13)15-18-10/h7,14H,4-5H2,1-3H3,(H2,13,15). The molecular formula is C11H17N5OS. The van der Waals surface area contributed by atoms with Crippen LogP contribution in [0.1, 0.15) is 26.3 Å². The maximum atomic E-state index is 12.0. The van der Waals surface area contributed by atoms with Gasteiger partial charge in [-0.15, -0.1) is 0 Å². The van der Waals surface area contributed by atoms with Crippen molar-refractivity contribution in [3.8, 4) is 6.07 Å². The molecule has 0 spiro atoms. The SMILES string of the molecule is CCN(CC)C(=O)C(C)Nc1snc(N)c1C#N. The molecule has 6 nitrogen and oxygen atoms in total. The molecule has 0 bridgehead atoms. The molecule has 0 radical (unpaired) electrons. The number of nitrogen functional groups attached to an aromatic ring is 1. The van der Waals surface area contributed by atoms with Gasteiger partial charge in [-0.3, -0.25) is 4.79 Å². The van der Waals surface area contributed by atoms with Crippen LogP contribution in [0, 0.1) is 11.3 Å². The number of likely N-dealkylation sites (N-methyl/N-ethyl adjacent to an activating group) is 1. The predicted molar refractivity (Wildman–Crippen MR) is 72.3 cm³/mol. The maximum Gasteiger partial charge on any atom is 0.244 e. The van der Waals surface area contributed by atoms with Crippen molar-refractivity contribution in [3.05, 3.63) is 5.56 Å². The Labute approximate surface area is 111 Å². The van der Waals surface area contributed by atoms with Gasteiger partial charge in [0.2, 0.25) is 5.91 Å². The Morgan fingerprint density at radius 1 is 1.61 bits per heavy atom. The third-order valence-corrected chi connectivity index (χ3v) is 3.42. The molecule has 0 fully saturated rings. The summed E-state index contributed by atoms with van der Waals surface area (Å²) < 4.78 is 3.89. The molecule has 0 aromatic carbocycles. The van der Waals surface area contributed by atoms with Crippen molar-refractivity contribution < 1.29 is 4.79 Å². The summed E-state index contributed by atoms with van der Waals surface area (Å²) in [6.07, 6.45) is 0. The third-order valence-electron chi connectivity index (χ3n) is 2.62. The van der Waals surface area contributed by atoms with E-state index < -0.39 is 6.04 Å². The molecular weight excluding hydrogens is 250 g/mol. The fraction of sp³-hybridized carbons (Fsp3) is 0.545. The number of aromatic nitrogens is 1. The van der Waals surface area contributed by atoms with Crippen LogP contribution >= 0.6 is 11.5 Å². The first-order chi connectivity index (χ1) is 8.54. The molecule has 0 saturated heterocycles. The third kappa shape index (κ3) is 2.90. The van der Waals surface area contributed by atoms with Crippen molar-refractivity contribution in [2.75, 3.05) is 24.1 Å². The fourth-order valence-electron chi connectivity index (χ4n) is 1.58. The summed E-state index contributed by atoms with van der Waals surface area (Å²) in [5.74, 6) is 0.198. The summed E-state index contributed by atoms with van der Waals surface area (Å²) in [5, 5.41) is 12.5. The summed E-state index contributed by atoms with van der Waals surface area (Å²) in [6.45, 7) is 6.95. The van der Waals surface area contributed by atoms with E-state index in [0.29, 0.717) is 23.7 Å². The predicted octanol–water partition coefficient (Wildman–Crippen LogP) is 1.27. The number of anilines is 2. The van der Waals surface area contributed by atoms with E-state index in [1.54, 1.807) is 11.8 Å². The number of hydrogen-bond donors (Lipinski definition) is 2.